The average Bonchev–Trinajstić information content (AvgIpc) is 3.02. The molecule has 2 aromatic rings. The molecule has 0 bridgehead atoms. The van der Waals surface area contributed by atoms with Crippen LogP contribution in [0.2, 0.25) is 0 Å². The Morgan fingerprint density at radius 3 is 2.80 bits per heavy atom. The molecule has 1 unspecified atom stereocenters. The lowest BCUT2D eigenvalue weighted by Crippen LogP contribution is -2.43. The maximum Gasteiger partial charge on any atom is 0.329 e. The van der Waals surface area contributed by atoms with Crippen molar-refractivity contribution < 1.29 is 4.79 Å². The third-order valence-electron chi connectivity index (χ3n) is 3.85. The van der Waals surface area contributed by atoms with Crippen LogP contribution in [0.15, 0.2) is 53.7 Å². The van der Waals surface area contributed by atoms with Gasteiger partial charge < -0.3 is 5.32 Å². The molecule has 1 aromatic carbocycles. The van der Waals surface area contributed by atoms with E-state index in [1.54, 1.807) is 22.9 Å². The summed E-state index contributed by atoms with van der Waals surface area (Å²) in [5.74, 6) is 0.609. The lowest BCUT2D eigenvalue weighted by molar-refractivity contribution is 0.249. The summed E-state index contributed by atoms with van der Waals surface area (Å²) in [4.78, 5) is 23.3. The Balaban J connectivity index is 1.71. The molecule has 25 heavy (non-hydrogen) atoms. The van der Waals surface area contributed by atoms with E-state index < -0.39 is 0 Å². The van der Waals surface area contributed by atoms with Crippen LogP contribution in [-0.2, 0) is 6.42 Å². The highest BCUT2D eigenvalue weighted by Gasteiger charge is 2.28. The van der Waals surface area contributed by atoms with E-state index in [2.05, 4.69) is 34.3 Å². The first-order chi connectivity index (χ1) is 12.1. The van der Waals surface area contributed by atoms with Crippen molar-refractivity contribution in [3.8, 4) is 0 Å². The molecule has 6 heteroatoms. The molecule has 1 aliphatic heterocycles. The van der Waals surface area contributed by atoms with Gasteiger partial charge in [0.15, 0.2) is 5.17 Å². The van der Waals surface area contributed by atoms with E-state index in [1.807, 2.05) is 37.3 Å². The Bertz CT molecular complexity index is 763. The zero-order valence-corrected chi connectivity index (χ0v) is 15.3. The van der Waals surface area contributed by atoms with E-state index in [4.69, 9.17) is 0 Å². The Morgan fingerprint density at radius 2 is 2.12 bits per heavy atom. The molecule has 0 radical (unpaired) electrons. The number of urea groups is 1. The quantitative estimate of drug-likeness (QED) is 0.912. The van der Waals surface area contributed by atoms with Crippen LogP contribution in [0.3, 0.4) is 0 Å². The van der Waals surface area contributed by atoms with Crippen LogP contribution >= 0.6 is 11.8 Å². The lowest BCUT2D eigenvalue weighted by Gasteiger charge is -2.22. The molecule has 1 aliphatic rings. The fourth-order valence-corrected chi connectivity index (χ4v) is 3.49. The van der Waals surface area contributed by atoms with Crippen molar-refractivity contribution in [3.63, 3.8) is 0 Å². The van der Waals surface area contributed by atoms with Crippen LogP contribution in [0.5, 0.6) is 0 Å². The standard InChI is InChI=1S/C19H22N4OS/c1-14-8-10-20-17(12-14)23(19-22-13-15(2)25-19)18(24)21-11-9-16-6-4-3-5-7-16/h3-8,10,12,15H,9,11,13H2,1-2H3,(H,21,24). The number of thioether (sulfide) groups is 1. The summed E-state index contributed by atoms with van der Waals surface area (Å²) >= 11 is 1.61. The third-order valence-corrected chi connectivity index (χ3v) is 4.92. The van der Waals surface area contributed by atoms with Gasteiger partial charge in [-0.3, -0.25) is 4.99 Å². The molecule has 1 atom stereocenters. The zero-order chi connectivity index (χ0) is 17.6. The minimum Gasteiger partial charge on any atom is -0.337 e. The first kappa shape index (κ1) is 17.5. The van der Waals surface area contributed by atoms with Crippen molar-refractivity contribution in [3.05, 3.63) is 59.8 Å². The van der Waals surface area contributed by atoms with Gasteiger partial charge in [0.05, 0.1) is 6.54 Å². The molecular weight excluding hydrogens is 332 g/mol. The van der Waals surface area contributed by atoms with Crippen molar-refractivity contribution >= 4 is 28.8 Å². The highest BCUT2D eigenvalue weighted by molar-refractivity contribution is 8.15. The number of nitrogens with zero attached hydrogens (tertiary/aromatic N) is 3. The summed E-state index contributed by atoms with van der Waals surface area (Å²) in [6.45, 7) is 5.39. The minimum atomic E-state index is -0.186. The van der Waals surface area contributed by atoms with E-state index in [-0.39, 0.29) is 6.03 Å². The molecule has 0 saturated heterocycles. The number of hydrogen-bond donors (Lipinski definition) is 1. The molecule has 130 valence electrons. The third kappa shape index (κ3) is 4.60. The van der Waals surface area contributed by atoms with Crippen LogP contribution in [0, 0.1) is 6.92 Å². The van der Waals surface area contributed by atoms with E-state index in [1.165, 1.54) is 5.56 Å². The number of rotatable bonds is 4. The number of aromatic nitrogens is 1. The summed E-state index contributed by atoms with van der Waals surface area (Å²) in [7, 11) is 0. The Hall–Kier alpha value is -2.34. The second-order valence-corrected chi connectivity index (χ2v) is 7.45. The fraction of sp³-hybridized carbons (Fsp3) is 0.316. The lowest BCUT2D eigenvalue weighted by atomic mass is 10.1. The van der Waals surface area contributed by atoms with Crippen molar-refractivity contribution in [2.75, 3.05) is 18.0 Å². The monoisotopic (exact) mass is 354 g/mol. The number of nitrogens with one attached hydrogen (secondary N) is 1. The van der Waals surface area contributed by atoms with E-state index >= 15 is 0 Å². The van der Waals surface area contributed by atoms with Crippen LogP contribution in [-0.4, -0.2) is 34.5 Å². The number of anilines is 1. The predicted octanol–water partition coefficient (Wildman–Crippen LogP) is 3.64. The van der Waals surface area contributed by atoms with Crippen LogP contribution in [0.25, 0.3) is 0 Å². The molecule has 0 saturated carbocycles. The maximum atomic E-state index is 12.8. The van der Waals surface area contributed by atoms with Gasteiger partial charge in [-0.15, -0.1) is 0 Å². The van der Waals surface area contributed by atoms with Crippen LogP contribution < -0.4 is 10.2 Å². The number of hydrogen-bond acceptors (Lipinski definition) is 4. The summed E-state index contributed by atoms with van der Waals surface area (Å²) in [6, 6.07) is 13.8. The summed E-state index contributed by atoms with van der Waals surface area (Å²) < 4.78 is 0. The van der Waals surface area contributed by atoms with Gasteiger partial charge in [0, 0.05) is 18.0 Å². The molecule has 0 fully saturated rings. The Morgan fingerprint density at radius 1 is 1.32 bits per heavy atom. The largest absolute Gasteiger partial charge is 0.337 e. The van der Waals surface area contributed by atoms with Gasteiger partial charge in [-0.1, -0.05) is 49.0 Å². The van der Waals surface area contributed by atoms with Gasteiger partial charge in [-0.25, -0.2) is 14.7 Å². The summed E-state index contributed by atoms with van der Waals surface area (Å²) in [6.07, 6.45) is 2.51. The van der Waals surface area contributed by atoms with Gasteiger partial charge in [0.1, 0.15) is 5.82 Å². The number of benzene rings is 1. The maximum absolute atomic E-state index is 12.8. The number of carbonyl (C=O) groups excluding carboxylic acids is 1. The molecular formula is C19H22N4OS. The first-order valence-electron chi connectivity index (χ1n) is 8.39. The number of amides is 2. The highest BCUT2D eigenvalue weighted by atomic mass is 32.2. The molecule has 1 N–H and O–H groups in total. The average molecular weight is 354 g/mol. The SMILES string of the molecule is Cc1ccnc(N(C(=O)NCCc2ccccc2)C2=NCC(C)S2)c1. The smallest absolute Gasteiger partial charge is 0.329 e. The summed E-state index contributed by atoms with van der Waals surface area (Å²) in [5, 5.41) is 4.08. The topological polar surface area (TPSA) is 57.6 Å². The van der Waals surface area contributed by atoms with Crippen LogP contribution in [0.1, 0.15) is 18.1 Å². The van der Waals surface area contributed by atoms with E-state index in [0.29, 0.717) is 22.8 Å². The fourth-order valence-electron chi connectivity index (χ4n) is 2.55. The van der Waals surface area contributed by atoms with Gasteiger partial charge in [0.25, 0.3) is 0 Å². The summed E-state index contributed by atoms with van der Waals surface area (Å²) in [5.41, 5.74) is 2.26. The second kappa shape index (κ2) is 8.16. The number of aryl methyl sites for hydroxylation is 1. The second-order valence-electron chi connectivity index (χ2n) is 6.05. The van der Waals surface area contributed by atoms with Gasteiger partial charge >= 0.3 is 6.03 Å². The predicted molar refractivity (Wildman–Crippen MR) is 104 cm³/mol. The normalized spacial score (nSPS) is 16.4. The highest BCUT2D eigenvalue weighted by Crippen LogP contribution is 2.26. The zero-order valence-electron chi connectivity index (χ0n) is 14.5. The van der Waals surface area contributed by atoms with Crippen molar-refractivity contribution in [1.29, 1.82) is 0 Å². The van der Waals surface area contributed by atoms with Crippen molar-refractivity contribution in [2.45, 2.75) is 25.5 Å². The molecule has 2 heterocycles. The number of aliphatic imine (C=N–C) groups is 1. The van der Waals surface area contributed by atoms with Crippen molar-refractivity contribution in [1.82, 2.24) is 10.3 Å². The number of pyridine rings is 1. The Kier molecular flexibility index (Phi) is 5.71. The minimum absolute atomic E-state index is 0.186. The Labute approximate surface area is 152 Å². The van der Waals surface area contributed by atoms with Crippen molar-refractivity contribution in [2.24, 2.45) is 4.99 Å². The molecule has 5 nitrogen and oxygen atoms in total. The number of amidine groups is 1. The van der Waals surface area contributed by atoms with Gasteiger partial charge in [-0.05, 0) is 36.6 Å². The van der Waals surface area contributed by atoms with Gasteiger partial charge in [-0.2, -0.15) is 0 Å². The van der Waals surface area contributed by atoms with Gasteiger partial charge in [0.2, 0.25) is 0 Å². The molecule has 0 aliphatic carbocycles. The van der Waals surface area contributed by atoms with E-state index in [0.717, 1.165) is 18.5 Å². The molecule has 2 amide bonds. The number of carbonyl (C=O) groups is 1. The molecule has 0 spiro atoms. The first-order valence-corrected chi connectivity index (χ1v) is 9.27. The molecule has 1 aromatic heterocycles. The molecule has 3 rings (SSSR count). The van der Waals surface area contributed by atoms with Crippen LogP contribution in [0.4, 0.5) is 10.6 Å². The van der Waals surface area contributed by atoms with E-state index in [9.17, 15) is 4.79 Å².